The molecule has 2 aliphatic heterocycles. The molecule has 0 amide bonds. The lowest BCUT2D eigenvalue weighted by molar-refractivity contribution is -0.134. The number of anilines is 2. The summed E-state index contributed by atoms with van der Waals surface area (Å²) in [7, 11) is 2.15. The molecule has 2 aromatic carbocycles. The van der Waals surface area contributed by atoms with Crippen molar-refractivity contribution in [1.82, 2.24) is 9.80 Å². The zero-order chi connectivity index (χ0) is 25.1. The van der Waals surface area contributed by atoms with Crippen molar-refractivity contribution in [2.45, 2.75) is 6.92 Å². The van der Waals surface area contributed by atoms with E-state index in [1.807, 2.05) is 0 Å². The molecule has 0 unspecified atom stereocenters. The predicted molar refractivity (Wildman–Crippen MR) is 136 cm³/mol. The van der Waals surface area contributed by atoms with Crippen LogP contribution < -0.4 is 5.32 Å². The Morgan fingerprint density at radius 3 is 2.40 bits per heavy atom. The Kier molecular flexibility index (Phi) is 7.13. The number of hydrogen-bond acceptors (Lipinski definition) is 7. The van der Waals surface area contributed by atoms with E-state index < -0.39 is 11.9 Å². The van der Waals surface area contributed by atoms with E-state index in [1.165, 1.54) is 27.8 Å². The van der Waals surface area contributed by atoms with Gasteiger partial charge in [0.25, 0.3) is 0 Å². The average molecular weight is 497 g/mol. The second kappa shape index (κ2) is 10.2. The zero-order valence-corrected chi connectivity index (χ0v) is 20.1. The number of hydrogen-bond donors (Lipinski definition) is 3. The van der Waals surface area contributed by atoms with Gasteiger partial charge in [0, 0.05) is 48.4 Å². The second-order valence-electron chi connectivity index (χ2n) is 8.33. The van der Waals surface area contributed by atoms with Gasteiger partial charge in [0.1, 0.15) is 16.7 Å². The molecule has 0 bridgehead atoms. The lowest BCUT2D eigenvalue weighted by Gasteiger charge is -2.34. The van der Waals surface area contributed by atoms with E-state index >= 15 is 0 Å². The van der Waals surface area contributed by atoms with Crippen molar-refractivity contribution in [2.75, 3.05) is 38.5 Å². The molecule has 1 saturated heterocycles. The van der Waals surface area contributed by atoms with Gasteiger partial charge in [-0.1, -0.05) is 11.6 Å². The Morgan fingerprint density at radius 1 is 1.06 bits per heavy atom. The third-order valence-corrected chi connectivity index (χ3v) is 6.76. The van der Waals surface area contributed by atoms with Gasteiger partial charge in [0.2, 0.25) is 0 Å². The molecule has 3 N–H and O–H groups in total. The van der Waals surface area contributed by atoms with Gasteiger partial charge in [-0.25, -0.2) is 19.0 Å². The number of rotatable bonds is 2. The summed E-state index contributed by atoms with van der Waals surface area (Å²) < 4.78 is 15.1. The van der Waals surface area contributed by atoms with Crippen LogP contribution in [0.5, 0.6) is 0 Å². The number of carbonyl (C=O) groups is 2. The summed E-state index contributed by atoms with van der Waals surface area (Å²) in [6.45, 7) is 6.02. The smallest absolute Gasteiger partial charge is 0.328 e. The Bertz CT molecular complexity index is 1330. The highest BCUT2D eigenvalue weighted by Gasteiger charge is 2.27. The minimum atomic E-state index is -1.26. The zero-order valence-electron chi connectivity index (χ0n) is 19.3. The summed E-state index contributed by atoms with van der Waals surface area (Å²) in [5, 5.41) is 21.3. The molecular formula is C25H25FN4O4S. The molecule has 2 aliphatic rings. The van der Waals surface area contributed by atoms with E-state index in [1.54, 1.807) is 17.4 Å². The number of fused-ring (bicyclic) bond motifs is 4. The van der Waals surface area contributed by atoms with Crippen LogP contribution >= 0.6 is 11.3 Å². The number of carboxylic acids is 2. The fraction of sp³-hybridized carbons (Fsp3) is 0.240. The van der Waals surface area contributed by atoms with Crippen LogP contribution in [0.25, 0.3) is 10.1 Å². The molecule has 1 aromatic heterocycles. The Labute approximate surface area is 205 Å². The predicted octanol–water partition coefficient (Wildman–Crippen LogP) is 4.44. The highest BCUT2D eigenvalue weighted by Crippen LogP contribution is 2.43. The van der Waals surface area contributed by atoms with Crippen LogP contribution in [-0.2, 0) is 9.59 Å². The van der Waals surface area contributed by atoms with E-state index in [0.717, 1.165) is 54.0 Å². The minimum absolute atomic E-state index is 0.252. The average Bonchev–Trinajstić information content (AvgIpc) is 3.06. The molecule has 8 nitrogen and oxygen atoms in total. The van der Waals surface area contributed by atoms with Gasteiger partial charge in [-0.3, -0.25) is 0 Å². The number of thiophene rings is 1. The fourth-order valence-electron chi connectivity index (χ4n) is 3.91. The van der Waals surface area contributed by atoms with Gasteiger partial charge >= 0.3 is 11.9 Å². The van der Waals surface area contributed by atoms with E-state index in [2.05, 4.69) is 47.3 Å². The highest BCUT2D eigenvalue weighted by molar-refractivity contribution is 7.23. The number of aryl methyl sites for hydroxylation is 1. The number of benzene rings is 2. The number of aliphatic imine (C=N–C) groups is 1. The third-order valence-electron chi connectivity index (χ3n) is 5.67. The van der Waals surface area contributed by atoms with Crippen LogP contribution in [0.3, 0.4) is 0 Å². The van der Waals surface area contributed by atoms with Crippen LogP contribution in [0.1, 0.15) is 11.1 Å². The van der Waals surface area contributed by atoms with E-state index in [-0.39, 0.29) is 5.82 Å². The molecule has 0 spiro atoms. The number of nitrogens with zero attached hydrogens (tertiary/aromatic N) is 3. The van der Waals surface area contributed by atoms with Crippen LogP contribution in [-0.4, -0.2) is 71.0 Å². The summed E-state index contributed by atoms with van der Waals surface area (Å²) in [6, 6.07) is 11.3. The van der Waals surface area contributed by atoms with Crippen LogP contribution in [0, 0.1) is 12.7 Å². The number of nitrogens with one attached hydrogen (secondary N) is 1. The van der Waals surface area contributed by atoms with Gasteiger partial charge in [0.05, 0.1) is 16.9 Å². The Morgan fingerprint density at radius 2 is 1.74 bits per heavy atom. The first-order chi connectivity index (χ1) is 16.7. The van der Waals surface area contributed by atoms with Crippen LogP contribution in [0.4, 0.5) is 20.8 Å². The SMILES string of the molecule is Cc1ccc2sc3c(c2c1)C(N1CCN(C)CC1)=Nc1ccc(F)cc1N3.O=C(O)/C=C\C(=O)O. The number of amidine groups is 1. The van der Waals surface area contributed by atoms with Gasteiger partial charge in [0.15, 0.2) is 0 Å². The van der Waals surface area contributed by atoms with Crippen molar-refractivity contribution in [3.8, 4) is 0 Å². The maximum atomic E-state index is 13.9. The molecule has 0 aliphatic carbocycles. The van der Waals surface area contributed by atoms with Crippen molar-refractivity contribution in [2.24, 2.45) is 4.99 Å². The normalized spacial score (nSPS) is 15.4. The van der Waals surface area contributed by atoms with E-state index in [9.17, 15) is 14.0 Å². The maximum Gasteiger partial charge on any atom is 0.328 e. The van der Waals surface area contributed by atoms with Crippen molar-refractivity contribution >= 4 is 55.6 Å². The summed E-state index contributed by atoms with van der Waals surface area (Å²) in [5.41, 5.74) is 3.88. The number of carboxylic acid groups (broad SMARTS) is 2. The molecule has 5 rings (SSSR count). The number of likely N-dealkylation sites (N-methyl/N-ethyl adjacent to an activating group) is 1. The van der Waals surface area contributed by atoms with Gasteiger partial charge < -0.3 is 25.3 Å². The molecule has 10 heteroatoms. The lowest BCUT2D eigenvalue weighted by Crippen LogP contribution is -2.47. The fourth-order valence-corrected chi connectivity index (χ4v) is 5.00. The van der Waals surface area contributed by atoms with E-state index in [4.69, 9.17) is 15.2 Å². The Hall–Kier alpha value is -3.76. The van der Waals surface area contributed by atoms with Crippen LogP contribution in [0.15, 0.2) is 53.5 Å². The molecule has 35 heavy (non-hydrogen) atoms. The Balaban J connectivity index is 0.000000314. The maximum absolute atomic E-state index is 13.9. The molecule has 0 radical (unpaired) electrons. The van der Waals surface area contributed by atoms with Gasteiger partial charge in [-0.15, -0.1) is 11.3 Å². The molecule has 0 saturated carbocycles. The third kappa shape index (κ3) is 5.67. The van der Waals surface area contributed by atoms with Gasteiger partial charge in [-0.05, 0) is 44.3 Å². The van der Waals surface area contributed by atoms with Crippen molar-refractivity contribution in [3.63, 3.8) is 0 Å². The summed E-state index contributed by atoms with van der Waals surface area (Å²) in [4.78, 5) is 28.8. The number of piperazine rings is 1. The summed E-state index contributed by atoms with van der Waals surface area (Å²) in [5.74, 6) is -1.77. The van der Waals surface area contributed by atoms with Gasteiger partial charge in [-0.2, -0.15) is 0 Å². The monoisotopic (exact) mass is 496 g/mol. The van der Waals surface area contributed by atoms with E-state index in [0.29, 0.717) is 12.2 Å². The molecule has 3 heterocycles. The first-order valence-corrected chi connectivity index (χ1v) is 11.8. The molecular weight excluding hydrogens is 471 g/mol. The van der Waals surface area contributed by atoms with Crippen molar-refractivity contribution < 1.29 is 24.2 Å². The minimum Gasteiger partial charge on any atom is -0.478 e. The quantitative estimate of drug-likeness (QED) is 0.451. The lowest BCUT2D eigenvalue weighted by atomic mass is 10.1. The molecule has 3 aromatic rings. The number of halogens is 1. The summed E-state index contributed by atoms with van der Waals surface area (Å²) in [6.07, 6.45) is 1.12. The topological polar surface area (TPSA) is 105 Å². The van der Waals surface area contributed by atoms with Crippen molar-refractivity contribution in [1.29, 1.82) is 0 Å². The van der Waals surface area contributed by atoms with Crippen LogP contribution in [0.2, 0.25) is 0 Å². The number of aliphatic carboxylic acids is 2. The standard InChI is InChI=1S/C21H21FN4S.C4H4O4/c1-13-3-6-18-15(11-13)19-20(26-9-7-25(2)8-10-26)23-16-5-4-14(22)12-17(16)24-21(19)27-18;5-3(6)1-2-4(7)8/h3-6,11-12,24H,7-10H2,1-2H3;1-2H,(H,5,6)(H,7,8)/b;2-1-. The molecule has 182 valence electrons. The van der Waals surface area contributed by atoms with Crippen molar-refractivity contribution in [3.05, 3.63) is 65.5 Å². The molecule has 1 fully saturated rings. The largest absolute Gasteiger partial charge is 0.478 e. The highest BCUT2D eigenvalue weighted by atomic mass is 32.1. The first kappa shape index (κ1) is 24.4. The first-order valence-electron chi connectivity index (χ1n) is 11.0. The summed E-state index contributed by atoms with van der Waals surface area (Å²) >= 11 is 1.71. The second-order valence-corrected chi connectivity index (χ2v) is 9.38. The molecule has 0 atom stereocenters.